The van der Waals surface area contributed by atoms with Gasteiger partial charge in [0.25, 0.3) is 5.70 Å². The normalized spacial score (nSPS) is 12.9. The van der Waals surface area contributed by atoms with E-state index in [4.69, 9.17) is 9.68 Å². The molecule has 0 radical (unpaired) electrons. The maximum Gasteiger partial charge on any atom is 0.272 e. The van der Waals surface area contributed by atoms with Gasteiger partial charge in [0.05, 0.1) is 33.8 Å². The zero-order valence-electron chi connectivity index (χ0n) is 15.8. The molecular weight excluding hydrogens is 406 g/mol. The molecule has 1 N–H and O–H groups in total. The zero-order valence-corrected chi connectivity index (χ0v) is 16.7. The number of nitrogens with one attached hydrogen (secondary N) is 1. The zero-order chi connectivity index (χ0) is 21.7. The van der Waals surface area contributed by atoms with E-state index in [-0.39, 0.29) is 10.7 Å². The number of hydrogen-bond acceptors (Lipinski definition) is 6. The molecule has 2 aromatic carbocycles. The topological polar surface area (TPSA) is 126 Å². The van der Waals surface area contributed by atoms with E-state index < -0.39 is 26.7 Å². The molecule has 152 valence electrons. The summed E-state index contributed by atoms with van der Waals surface area (Å²) in [6, 6.07) is 15.7. The molecule has 0 aliphatic rings. The fourth-order valence-corrected chi connectivity index (χ4v) is 3.95. The van der Waals surface area contributed by atoms with Gasteiger partial charge in [-0.1, -0.05) is 29.8 Å². The number of rotatable bonds is 7. The first kappa shape index (κ1) is 21.0. The van der Waals surface area contributed by atoms with Crippen molar-refractivity contribution in [2.24, 2.45) is 0 Å². The minimum atomic E-state index is -4.09. The van der Waals surface area contributed by atoms with Crippen LogP contribution >= 0.6 is 0 Å². The molecule has 8 nitrogen and oxygen atoms in total. The van der Waals surface area contributed by atoms with Crippen molar-refractivity contribution in [3.8, 4) is 6.07 Å². The Labute approximate surface area is 173 Å². The molecule has 0 bridgehead atoms. The standard InChI is InChI=1S/C21H17N3O5S/c1-15-4-10-19(11-5-15)30(27,28)23-21(17-8-6-16(14-22)7-9-17)20(24(25)26)13-18-3-2-12-29-18/h2-13,21,23H,1H3/b20-13-/t21-/m1/s1. The molecule has 1 aromatic heterocycles. The minimum Gasteiger partial charge on any atom is -0.465 e. The van der Waals surface area contributed by atoms with Gasteiger partial charge in [0.1, 0.15) is 11.8 Å². The third-order valence-electron chi connectivity index (χ3n) is 4.32. The monoisotopic (exact) mass is 423 g/mol. The van der Waals surface area contributed by atoms with E-state index >= 15 is 0 Å². The molecule has 0 unspecified atom stereocenters. The van der Waals surface area contributed by atoms with E-state index in [0.29, 0.717) is 11.1 Å². The molecule has 0 amide bonds. The van der Waals surface area contributed by atoms with Crippen LogP contribution in [-0.2, 0) is 10.0 Å². The Hall–Kier alpha value is -3.74. The number of benzene rings is 2. The third-order valence-corrected chi connectivity index (χ3v) is 5.76. The average molecular weight is 423 g/mol. The van der Waals surface area contributed by atoms with Gasteiger partial charge >= 0.3 is 0 Å². The number of nitrogens with zero attached hydrogens (tertiary/aromatic N) is 2. The van der Waals surface area contributed by atoms with Crippen LogP contribution in [-0.4, -0.2) is 13.3 Å². The van der Waals surface area contributed by atoms with Crippen molar-refractivity contribution in [1.29, 1.82) is 5.26 Å². The molecule has 9 heteroatoms. The van der Waals surface area contributed by atoms with Crippen molar-refractivity contribution in [1.82, 2.24) is 4.72 Å². The van der Waals surface area contributed by atoms with Gasteiger partial charge in [-0.25, -0.2) is 8.42 Å². The van der Waals surface area contributed by atoms with Crippen LogP contribution in [0.2, 0.25) is 0 Å². The molecule has 0 saturated carbocycles. The second kappa shape index (κ2) is 8.73. The predicted octanol–water partition coefficient (Wildman–Crippen LogP) is 3.80. The summed E-state index contributed by atoms with van der Waals surface area (Å²) >= 11 is 0. The van der Waals surface area contributed by atoms with Crippen LogP contribution in [0.25, 0.3) is 6.08 Å². The number of hydrogen-bond donors (Lipinski definition) is 1. The van der Waals surface area contributed by atoms with Gasteiger partial charge in [-0.2, -0.15) is 9.98 Å². The SMILES string of the molecule is Cc1ccc(S(=O)(=O)N[C@@H](/C(=C/c2ccco2)[N+](=O)[O-])c2ccc(C#N)cc2)cc1. The second-order valence-corrected chi connectivity index (χ2v) is 8.16. The molecule has 3 rings (SSSR count). The van der Waals surface area contributed by atoms with E-state index in [9.17, 15) is 18.5 Å². The highest BCUT2D eigenvalue weighted by atomic mass is 32.2. The molecular formula is C21H17N3O5S. The van der Waals surface area contributed by atoms with Crippen LogP contribution in [0, 0.1) is 28.4 Å². The van der Waals surface area contributed by atoms with Crippen LogP contribution in [0.4, 0.5) is 0 Å². The van der Waals surface area contributed by atoms with Gasteiger partial charge in [-0.3, -0.25) is 10.1 Å². The Morgan fingerprint density at radius 1 is 1.17 bits per heavy atom. The lowest BCUT2D eigenvalue weighted by molar-refractivity contribution is -0.429. The summed E-state index contributed by atoms with van der Waals surface area (Å²) in [5.41, 5.74) is 1.10. The summed E-state index contributed by atoms with van der Waals surface area (Å²) in [5.74, 6) is 0.204. The largest absolute Gasteiger partial charge is 0.465 e. The first-order chi connectivity index (χ1) is 14.3. The van der Waals surface area contributed by atoms with Crippen LogP contribution in [0.15, 0.2) is 81.9 Å². The van der Waals surface area contributed by atoms with E-state index in [1.165, 1.54) is 54.8 Å². The van der Waals surface area contributed by atoms with Crippen molar-refractivity contribution < 1.29 is 17.8 Å². The number of aryl methyl sites for hydroxylation is 1. The highest BCUT2D eigenvalue weighted by Gasteiger charge is 2.32. The van der Waals surface area contributed by atoms with E-state index in [2.05, 4.69) is 4.72 Å². The second-order valence-electron chi connectivity index (χ2n) is 6.44. The van der Waals surface area contributed by atoms with Gasteiger partial charge in [0.15, 0.2) is 0 Å². The van der Waals surface area contributed by atoms with Crippen LogP contribution < -0.4 is 4.72 Å². The molecule has 1 atom stereocenters. The predicted molar refractivity (Wildman–Crippen MR) is 109 cm³/mol. The van der Waals surface area contributed by atoms with Crippen molar-refractivity contribution in [2.75, 3.05) is 0 Å². The molecule has 0 aliphatic heterocycles. The fraction of sp³-hybridized carbons (Fsp3) is 0.0952. The van der Waals surface area contributed by atoms with Crippen molar-refractivity contribution in [2.45, 2.75) is 17.9 Å². The van der Waals surface area contributed by atoms with Gasteiger partial charge in [0.2, 0.25) is 10.0 Å². The first-order valence-corrected chi connectivity index (χ1v) is 10.3. The Bertz CT molecular complexity index is 1210. The molecule has 0 fully saturated rings. The number of sulfonamides is 1. The summed E-state index contributed by atoms with van der Waals surface area (Å²) in [6.45, 7) is 1.82. The average Bonchev–Trinajstić information content (AvgIpc) is 3.24. The Kier molecular flexibility index (Phi) is 6.11. The molecule has 0 spiro atoms. The molecule has 30 heavy (non-hydrogen) atoms. The van der Waals surface area contributed by atoms with Gasteiger partial charge in [0, 0.05) is 0 Å². The summed E-state index contributed by atoms with van der Waals surface area (Å²) in [5, 5.41) is 20.8. The quantitative estimate of drug-likeness (QED) is 0.455. The highest BCUT2D eigenvalue weighted by Crippen LogP contribution is 2.27. The smallest absolute Gasteiger partial charge is 0.272 e. The number of nitriles is 1. The van der Waals surface area contributed by atoms with Gasteiger partial charge in [-0.15, -0.1) is 0 Å². The lowest BCUT2D eigenvalue weighted by Gasteiger charge is -2.17. The molecule has 0 aliphatic carbocycles. The Balaban J connectivity index is 2.09. The molecule has 0 saturated heterocycles. The van der Waals surface area contributed by atoms with E-state index in [1.807, 2.05) is 13.0 Å². The lowest BCUT2D eigenvalue weighted by atomic mass is 10.0. The van der Waals surface area contributed by atoms with Gasteiger partial charge < -0.3 is 4.42 Å². The maximum atomic E-state index is 12.9. The van der Waals surface area contributed by atoms with Gasteiger partial charge in [-0.05, 0) is 48.9 Å². The summed E-state index contributed by atoms with van der Waals surface area (Å²) < 4.78 is 33.5. The Morgan fingerprint density at radius 3 is 2.37 bits per heavy atom. The first-order valence-electron chi connectivity index (χ1n) is 8.79. The van der Waals surface area contributed by atoms with Crippen molar-refractivity contribution in [3.63, 3.8) is 0 Å². The lowest BCUT2D eigenvalue weighted by Crippen LogP contribution is -2.32. The highest BCUT2D eigenvalue weighted by molar-refractivity contribution is 7.89. The summed E-state index contributed by atoms with van der Waals surface area (Å²) in [6.07, 6.45) is 2.52. The fourth-order valence-electron chi connectivity index (χ4n) is 2.75. The molecule has 1 heterocycles. The van der Waals surface area contributed by atoms with Crippen molar-refractivity contribution >= 4 is 16.1 Å². The minimum absolute atomic E-state index is 0.0209. The Morgan fingerprint density at radius 2 is 1.83 bits per heavy atom. The van der Waals surface area contributed by atoms with Crippen LogP contribution in [0.3, 0.4) is 0 Å². The van der Waals surface area contributed by atoms with Crippen LogP contribution in [0.1, 0.15) is 28.5 Å². The number of nitro groups is 1. The van der Waals surface area contributed by atoms with Crippen molar-refractivity contribution in [3.05, 3.63) is 105 Å². The summed E-state index contributed by atoms with van der Waals surface area (Å²) in [7, 11) is -4.09. The summed E-state index contributed by atoms with van der Waals surface area (Å²) in [4.78, 5) is 11.2. The van der Waals surface area contributed by atoms with Crippen LogP contribution in [0.5, 0.6) is 0 Å². The third kappa shape index (κ3) is 4.81. The van der Waals surface area contributed by atoms with E-state index in [1.54, 1.807) is 18.2 Å². The number of furan rings is 1. The maximum absolute atomic E-state index is 12.9. The molecule has 3 aromatic rings. The van der Waals surface area contributed by atoms with E-state index in [0.717, 1.165) is 5.56 Å².